The number of imide groups is 2. The average Bonchev–Trinajstić information content (AvgIpc) is 3.39. The summed E-state index contributed by atoms with van der Waals surface area (Å²) < 4.78 is 5.40. The molecule has 0 aliphatic carbocycles. The van der Waals surface area contributed by atoms with Crippen LogP contribution in [0.1, 0.15) is 39.1 Å². The van der Waals surface area contributed by atoms with Gasteiger partial charge in [-0.1, -0.05) is 11.2 Å². The molecule has 1 atom stereocenters. The van der Waals surface area contributed by atoms with Gasteiger partial charge in [0.2, 0.25) is 11.8 Å². The number of rotatable bonds is 4. The molecular formula is C24H22N6O5. The van der Waals surface area contributed by atoms with E-state index < -0.39 is 29.7 Å². The highest BCUT2D eigenvalue weighted by atomic mass is 16.5. The van der Waals surface area contributed by atoms with Gasteiger partial charge in [-0.25, -0.2) is 0 Å². The summed E-state index contributed by atoms with van der Waals surface area (Å²) in [5.74, 6) is -1.18. The van der Waals surface area contributed by atoms with E-state index in [1.165, 1.54) is 0 Å². The van der Waals surface area contributed by atoms with E-state index in [4.69, 9.17) is 4.52 Å². The topological polar surface area (TPSA) is 129 Å². The van der Waals surface area contributed by atoms with Crippen molar-refractivity contribution in [1.29, 1.82) is 0 Å². The molecule has 0 bridgehead atoms. The largest absolute Gasteiger partial charge is 0.354 e. The number of hydrogen-bond acceptors (Lipinski definition) is 9. The van der Waals surface area contributed by atoms with E-state index in [1.807, 2.05) is 6.07 Å². The quantitative estimate of drug-likeness (QED) is 0.549. The van der Waals surface area contributed by atoms with Gasteiger partial charge in [0.1, 0.15) is 6.04 Å². The van der Waals surface area contributed by atoms with E-state index in [0.717, 1.165) is 47.8 Å². The maximum atomic E-state index is 13.1. The molecule has 2 saturated heterocycles. The first-order chi connectivity index (χ1) is 17.0. The number of piperidine rings is 1. The highest BCUT2D eigenvalue weighted by molar-refractivity contribution is 6.23. The Kier molecular flexibility index (Phi) is 5.06. The molecule has 0 saturated carbocycles. The van der Waals surface area contributed by atoms with Crippen molar-refractivity contribution >= 4 is 40.4 Å². The molecule has 178 valence electrons. The second-order valence-corrected chi connectivity index (χ2v) is 8.97. The summed E-state index contributed by atoms with van der Waals surface area (Å²) in [5, 5.41) is 7.32. The summed E-state index contributed by atoms with van der Waals surface area (Å²) in [7, 11) is 0. The van der Waals surface area contributed by atoms with Gasteiger partial charge >= 0.3 is 0 Å². The van der Waals surface area contributed by atoms with E-state index in [9.17, 15) is 19.2 Å². The third kappa shape index (κ3) is 3.64. The summed E-state index contributed by atoms with van der Waals surface area (Å²) in [5.41, 5.74) is 2.22. The van der Waals surface area contributed by atoms with Crippen LogP contribution in [0.2, 0.25) is 0 Å². The number of pyridine rings is 1. The fourth-order valence-corrected chi connectivity index (χ4v) is 4.99. The number of amides is 4. The molecule has 2 aromatic heterocycles. The molecule has 3 aliphatic heterocycles. The van der Waals surface area contributed by atoms with Crippen molar-refractivity contribution in [3.05, 3.63) is 53.3 Å². The number of hydrogen-bond donors (Lipinski definition) is 1. The number of nitrogens with one attached hydrogen (secondary N) is 1. The van der Waals surface area contributed by atoms with E-state index in [-0.39, 0.29) is 12.8 Å². The maximum Gasteiger partial charge on any atom is 0.262 e. The molecule has 35 heavy (non-hydrogen) atoms. The first-order valence-electron chi connectivity index (χ1n) is 11.5. The summed E-state index contributed by atoms with van der Waals surface area (Å²) in [6.07, 6.45) is 3.68. The Labute approximate surface area is 199 Å². The lowest BCUT2D eigenvalue weighted by molar-refractivity contribution is -0.136. The van der Waals surface area contributed by atoms with E-state index in [0.29, 0.717) is 23.3 Å². The zero-order valence-electron chi connectivity index (χ0n) is 18.8. The molecule has 6 rings (SSSR count). The van der Waals surface area contributed by atoms with Crippen LogP contribution in [0.25, 0.3) is 11.0 Å². The molecule has 0 radical (unpaired) electrons. The third-order valence-corrected chi connectivity index (χ3v) is 6.83. The van der Waals surface area contributed by atoms with Gasteiger partial charge in [-0.15, -0.1) is 0 Å². The molecule has 1 unspecified atom stereocenters. The molecule has 3 aliphatic rings. The number of carbonyl (C=O) groups excluding carboxylic acids is 4. The van der Waals surface area contributed by atoms with Gasteiger partial charge in [0, 0.05) is 57.6 Å². The Bertz CT molecular complexity index is 1380. The number of benzene rings is 1. The minimum absolute atomic E-state index is 0.0989. The van der Waals surface area contributed by atoms with Gasteiger partial charge in [0.25, 0.3) is 11.8 Å². The summed E-state index contributed by atoms with van der Waals surface area (Å²) in [6, 6.07) is 6.08. The highest BCUT2D eigenvalue weighted by Gasteiger charge is 2.44. The first kappa shape index (κ1) is 21.4. The van der Waals surface area contributed by atoms with Crippen LogP contribution in [0.3, 0.4) is 0 Å². The Hall–Kier alpha value is -4.12. The molecule has 11 nitrogen and oxygen atoms in total. The van der Waals surface area contributed by atoms with Crippen LogP contribution in [0, 0.1) is 0 Å². The van der Waals surface area contributed by atoms with Crippen LogP contribution in [-0.2, 0) is 16.1 Å². The molecular weight excluding hydrogens is 452 g/mol. The van der Waals surface area contributed by atoms with Crippen LogP contribution >= 0.6 is 0 Å². The van der Waals surface area contributed by atoms with Crippen molar-refractivity contribution in [2.75, 3.05) is 31.1 Å². The highest BCUT2D eigenvalue weighted by Crippen LogP contribution is 2.29. The first-order valence-corrected chi connectivity index (χ1v) is 11.5. The third-order valence-electron chi connectivity index (χ3n) is 6.83. The van der Waals surface area contributed by atoms with Crippen molar-refractivity contribution in [2.45, 2.75) is 25.4 Å². The number of carbonyl (C=O) groups is 4. The predicted molar refractivity (Wildman–Crippen MR) is 122 cm³/mol. The number of piperazine rings is 1. The molecule has 2 fully saturated rings. The standard InChI is InChI=1S/C24H22N6O5/c31-20-4-3-18(22(32)26-20)30-23(33)15-2-1-14(11-16(15)24(30)34)13-28-7-9-29(10-8-28)21-17-12-25-6-5-19(17)35-27-21/h1-2,5-6,11-12,18H,3-4,7-10,13H2,(H,26,31,32). The van der Waals surface area contributed by atoms with Crippen molar-refractivity contribution < 1.29 is 23.7 Å². The fraction of sp³-hybridized carbons (Fsp3) is 0.333. The Balaban J connectivity index is 1.13. The van der Waals surface area contributed by atoms with Crippen LogP contribution < -0.4 is 10.2 Å². The van der Waals surface area contributed by atoms with Crippen LogP contribution in [0.15, 0.2) is 41.2 Å². The SMILES string of the molecule is O=C1CCC(N2C(=O)c3ccc(CN4CCN(c5noc6ccncc56)CC4)cc3C2=O)C(=O)N1. The number of fused-ring (bicyclic) bond motifs is 2. The number of aromatic nitrogens is 2. The van der Waals surface area contributed by atoms with Gasteiger partial charge in [0.15, 0.2) is 11.4 Å². The molecule has 11 heteroatoms. The molecule has 5 heterocycles. The minimum Gasteiger partial charge on any atom is -0.354 e. The monoisotopic (exact) mass is 474 g/mol. The Morgan fingerprint density at radius 1 is 1.00 bits per heavy atom. The van der Waals surface area contributed by atoms with Gasteiger partial charge in [-0.05, 0) is 24.1 Å². The lowest BCUT2D eigenvalue weighted by Gasteiger charge is -2.34. The molecule has 1 N–H and O–H groups in total. The second kappa shape index (κ2) is 8.27. The maximum absolute atomic E-state index is 13.1. The van der Waals surface area contributed by atoms with Gasteiger partial charge in [-0.3, -0.25) is 39.3 Å². The van der Waals surface area contributed by atoms with E-state index in [2.05, 4.69) is 25.3 Å². The molecule has 1 aromatic carbocycles. The molecule has 3 aromatic rings. The lowest BCUT2D eigenvalue weighted by Crippen LogP contribution is -2.54. The van der Waals surface area contributed by atoms with Crippen molar-refractivity contribution in [3.63, 3.8) is 0 Å². The number of anilines is 1. The van der Waals surface area contributed by atoms with Crippen LogP contribution in [0.4, 0.5) is 5.82 Å². The average molecular weight is 474 g/mol. The van der Waals surface area contributed by atoms with Gasteiger partial charge < -0.3 is 9.42 Å². The zero-order valence-corrected chi connectivity index (χ0v) is 18.8. The Morgan fingerprint density at radius 2 is 1.80 bits per heavy atom. The van der Waals surface area contributed by atoms with Gasteiger partial charge in [-0.2, -0.15) is 0 Å². The van der Waals surface area contributed by atoms with Gasteiger partial charge in [0.05, 0.1) is 16.5 Å². The van der Waals surface area contributed by atoms with E-state index >= 15 is 0 Å². The molecule has 0 spiro atoms. The van der Waals surface area contributed by atoms with Crippen molar-refractivity contribution in [3.8, 4) is 0 Å². The second-order valence-electron chi connectivity index (χ2n) is 8.97. The Morgan fingerprint density at radius 3 is 2.60 bits per heavy atom. The van der Waals surface area contributed by atoms with Crippen LogP contribution in [0.5, 0.6) is 0 Å². The number of nitrogens with zero attached hydrogens (tertiary/aromatic N) is 5. The zero-order chi connectivity index (χ0) is 24.1. The smallest absolute Gasteiger partial charge is 0.262 e. The van der Waals surface area contributed by atoms with Crippen LogP contribution in [-0.4, -0.2) is 75.8 Å². The lowest BCUT2D eigenvalue weighted by atomic mass is 10.0. The molecule has 4 amide bonds. The summed E-state index contributed by atoms with van der Waals surface area (Å²) in [6.45, 7) is 3.74. The van der Waals surface area contributed by atoms with Crippen molar-refractivity contribution in [2.24, 2.45) is 0 Å². The fourth-order valence-electron chi connectivity index (χ4n) is 4.99. The summed E-state index contributed by atoms with van der Waals surface area (Å²) >= 11 is 0. The predicted octanol–water partition coefficient (Wildman–Crippen LogP) is 0.946. The normalized spacial score (nSPS) is 21.1. The van der Waals surface area contributed by atoms with E-state index in [1.54, 1.807) is 30.6 Å². The van der Waals surface area contributed by atoms with Crippen molar-refractivity contribution in [1.82, 2.24) is 25.3 Å². The summed E-state index contributed by atoms with van der Waals surface area (Å²) in [4.78, 5) is 59.2. The minimum atomic E-state index is -0.959.